The van der Waals surface area contributed by atoms with Gasteiger partial charge in [0.25, 0.3) is 15.9 Å². The molecule has 1 aliphatic rings. The number of amides is 1. The smallest absolute Gasteiger partial charge is 0.264 e. The maximum atomic E-state index is 13.4. The second kappa shape index (κ2) is 13.9. The van der Waals surface area contributed by atoms with E-state index < -0.39 is 22.5 Å². The molecule has 0 bridgehead atoms. The highest BCUT2D eigenvalue weighted by atomic mass is 35.5. The molecule has 0 aromatic heterocycles. The first kappa shape index (κ1) is 27.5. The fourth-order valence-corrected chi connectivity index (χ4v) is 5.84. The van der Waals surface area contributed by atoms with Crippen molar-refractivity contribution in [2.45, 2.75) is 75.5 Å². The maximum Gasteiger partial charge on any atom is 0.264 e. The molecule has 1 N–H and O–H groups in total. The first-order valence-corrected chi connectivity index (χ1v) is 14.4. The predicted octanol–water partition coefficient (Wildman–Crippen LogP) is 6.97. The summed E-state index contributed by atoms with van der Waals surface area (Å²) in [6.45, 7) is -0.428. The molecule has 0 saturated heterocycles. The van der Waals surface area contributed by atoms with Crippen LogP contribution in [-0.4, -0.2) is 26.6 Å². The Morgan fingerprint density at radius 2 is 1.40 bits per heavy atom. The molecule has 2 aromatic rings. The Kier molecular flexibility index (Phi) is 10.9. The van der Waals surface area contributed by atoms with Crippen LogP contribution in [0.1, 0.15) is 70.6 Å². The third-order valence-corrected chi connectivity index (χ3v) is 8.33. The minimum absolute atomic E-state index is 0.0281. The highest BCUT2D eigenvalue weighted by Crippen LogP contribution is 2.27. The second-order valence-corrected chi connectivity index (χ2v) is 11.6. The van der Waals surface area contributed by atoms with Crippen LogP contribution in [0.4, 0.5) is 5.69 Å². The minimum atomic E-state index is -4.05. The molecule has 2 aromatic carbocycles. The van der Waals surface area contributed by atoms with Gasteiger partial charge in [0.1, 0.15) is 6.54 Å². The third-order valence-electron chi connectivity index (χ3n) is 6.05. The number of anilines is 1. The SMILES string of the molecule is O=C(CN(c1cccc(Cl)c1)S(=O)(=O)c1ccc(Cl)cc1)NN=C1CCCCCCCCCCC1. The number of hydrogen-bond acceptors (Lipinski definition) is 4. The Hall–Kier alpha value is -2.09. The van der Waals surface area contributed by atoms with Crippen molar-refractivity contribution in [3.63, 3.8) is 0 Å². The molecular formula is C26H33Cl2N3O3S. The summed E-state index contributed by atoms with van der Waals surface area (Å²) >= 11 is 12.1. The lowest BCUT2D eigenvalue weighted by Gasteiger charge is -2.24. The van der Waals surface area contributed by atoms with Crippen LogP contribution in [-0.2, 0) is 14.8 Å². The number of carbonyl (C=O) groups is 1. The van der Waals surface area contributed by atoms with Crippen LogP contribution in [0.25, 0.3) is 0 Å². The lowest BCUT2D eigenvalue weighted by Crippen LogP contribution is -2.39. The summed E-state index contributed by atoms with van der Waals surface area (Å²) in [6.07, 6.45) is 12.5. The predicted molar refractivity (Wildman–Crippen MR) is 144 cm³/mol. The van der Waals surface area contributed by atoms with Gasteiger partial charge in [-0.1, -0.05) is 74.2 Å². The topological polar surface area (TPSA) is 78.8 Å². The molecule has 9 heteroatoms. The third kappa shape index (κ3) is 8.81. The van der Waals surface area contributed by atoms with E-state index in [1.54, 1.807) is 18.2 Å². The average molecular weight is 539 g/mol. The molecule has 0 heterocycles. The summed E-state index contributed by atoms with van der Waals surface area (Å²) < 4.78 is 27.9. The van der Waals surface area contributed by atoms with E-state index in [-0.39, 0.29) is 4.90 Å². The van der Waals surface area contributed by atoms with Gasteiger partial charge in [-0.2, -0.15) is 5.10 Å². The molecule has 0 radical (unpaired) electrons. The van der Waals surface area contributed by atoms with E-state index in [1.165, 1.54) is 62.4 Å². The van der Waals surface area contributed by atoms with E-state index in [9.17, 15) is 13.2 Å². The summed E-state index contributed by atoms with van der Waals surface area (Å²) in [7, 11) is -4.05. The van der Waals surface area contributed by atoms with Gasteiger partial charge in [0.05, 0.1) is 10.6 Å². The molecule has 35 heavy (non-hydrogen) atoms. The molecule has 1 saturated carbocycles. The number of halogens is 2. The summed E-state index contributed by atoms with van der Waals surface area (Å²) in [5, 5.41) is 5.18. The Labute approximate surface area is 218 Å². The zero-order chi connectivity index (χ0) is 25.1. The second-order valence-electron chi connectivity index (χ2n) is 8.84. The zero-order valence-corrected chi connectivity index (χ0v) is 22.2. The Morgan fingerprint density at radius 3 is 1.97 bits per heavy atom. The summed E-state index contributed by atoms with van der Waals surface area (Å²) in [6, 6.07) is 12.2. The minimum Gasteiger partial charge on any atom is -0.271 e. The van der Waals surface area contributed by atoms with Crippen LogP contribution in [0, 0.1) is 0 Å². The van der Waals surface area contributed by atoms with Gasteiger partial charge in [-0.25, -0.2) is 13.8 Å². The summed E-state index contributed by atoms with van der Waals surface area (Å²) in [4.78, 5) is 12.9. The van der Waals surface area contributed by atoms with Gasteiger partial charge in [-0.15, -0.1) is 0 Å². The van der Waals surface area contributed by atoms with Gasteiger partial charge in [0, 0.05) is 15.8 Å². The van der Waals surface area contributed by atoms with Crippen molar-refractivity contribution >= 4 is 50.5 Å². The average Bonchev–Trinajstić information content (AvgIpc) is 2.82. The van der Waals surface area contributed by atoms with Gasteiger partial charge < -0.3 is 0 Å². The fourth-order valence-electron chi connectivity index (χ4n) is 4.12. The van der Waals surface area contributed by atoms with Crippen LogP contribution < -0.4 is 9.73 Å². The Bertz CT molecular complexity index is 1090. The van der Waals surface area contributed by atoms with Gasteiger partial charge in [-0.3, -0.25) is 9.10 Å². The van der Waals surface area contributed by atoms with Crippen molar-refractivity contribution in [1.29, 1.82) is 0 Å². The van der Waals surface area contributed by atoms with Crippen LogP contribution in [0.2, 0.25) is 10.0 Å². The van der Waals surface area contributed by atoms with E-state index in [0.29, 0.717) is 15.7 Å². The van der Waals surface area contributed by atoms with Crippen molar-refractivity contribution in [3.05, 3.63) is 58.6 Å². The number of hydrazone groups is 1. The highest BCUT2D eigenvalue weighted by Gasteiger charge is 2.27. The number of carbonyl (C=O) groups excluding carboxylic acids is 1. The lowest BCUT2D eigenvalue weighted by molar-refractivity contribution is -0.119. The van der Waals surface area contributed by atoms with Crippen molar-refractivity contribution in [2.24, 2.45) is 5.10 Å². The Balaban J connectivity index is 1.76. The molecular weight excluding hydrogens is 505 g/mol. The highest BCUT2D eigenvalue weighted by molar-refractivity contribution is 7.92. The molecule has 6 nitrogen and oxygen atoms in total. The molecule has 1 aliphatic carbocycles. The van der Waals surface area contributed by atoms with Gasteiger partial charge in [0.15, 0.2) is 0 Å². The van der Waals surface area contributed by atoms with Crippen LogP contribution in [0.15, 0.2) is 58.5 Å². The monoisotopic (exact) mass is 537 g/mol. The number of nitrogens with zero attached hydrogens (tertiary/aromatic N) is 2. The molecule has 1 fully saturated rings. The van der Waals surface area contributed by atoms with Crippen LogP contribution in [0.5, 0.6) is 0 Å². The maximum absolute atomic E-state index is 13.4. The quantitative estimate of drug-likeness (QED) is 0.404. The van der Waals surface area contributed by atoms with E-state index in [1.807, 2.05) is 0 Å². The number of nitrogens with one attached hydrogen (secondary N) is 1. The first-order chi connectivity index (χ1) is 16.9. The summed E-state index contributed by atoms with van der Waals surface area (Å²) in [5.74, 6) is -0.513. The molecule has 3 rings (SSSR count). The van der Waals surface area contributed by atoms with Crippen molar-refractivity contribution in [2.75, 3.05) is 10.8 Å². The first-order valence-electron chi connectivity index (χ1n) is 12.2. The van der Waals surface area contributed by atoms with Gasteiger partial charge >= 0.3 is 0 Å². The van der Waals surface area contributed by atoms with E-state index in [4.69, 9.17) is 23.2 Å². The van der Waals surface area contributed by atoms with Gasteiger partial charge in [-0.05, 0) is 68.1 Å². The van der Waals surface area contributed by atoms with E-state index in [0.717, 1.165) is 48.5 Å². The molecule has 0 aliphatic heterocycles. The molecule has 0 atom stereocenters. The number of sulfonamides is 1. The molecule has 190 valence electrons. The van der Waals surface area contributed by atoms with Crippen molar-refractivity contribution in [1.82, 2.24) is 5.43 Å². The fraction of sp³-hybridized carbons (Fsp3) is 0.462. The molecule has 0 unspecified atom stereocenters. The summed E-state index contributed by atoms with van der Waals surface area (Å²) in [5.41, 5.74) is 3.86. The van der Waals surface area contributed by atoms with Crippen LogP contribution >= 0.6 is 23.2 Å². The standard InChI is InChI=1S/C26H33Cl2N3O3S/c27-21-15-17-25(18-16-21)35(33,34)31(24-14-10-11-22(28)19-24)20-26(32)30-29-23-12-8-6-4-2-1-3-5-7-9-13-23/h10-11,14-19H,1-9,12-13,20H2,(H,30,32). The van der Waals surface area contributed by atoms with Crippen LogP contribution in [0.3, 0.4) is 0 Å². The Morgan fingerprint density at radius 1 is 0.829 bits per heavy atom. The number of rotatable bonds is 6. The number of benzene rings is 2. The molecule has 1 amide bonds. The largest absolute Gasteiger partial charge is 0.271 e. The van der Waals surface area contributed by atoms with Crippen molar-refractivity contribution < 1.29 is 13.2 Å². The zero-order valence-electron chi connectivity index (χ0n) is 19.9. The van der Waals surface area contributed by atoms with Gasteiger partial charge in [0.2, 0.25) is 0 Å². The normalized spacial score (nSPS) is 16.0. The van der Waals surface area contributed by atoms with Crippen molar-refractivity contribution in [3.8, 4) is 0 Å². The lowest BCUT2D eigenvalue weighted by atomic mass is 10.00. The molecule has 0 spiro atoms. The number of hydrogen-bond donors (Lipinski definition) is 1. The van der Waals surface area contributed by atoms with E-state index in [2.05, 4.69) is 10.5 Å². The van der Waals surface area contributed by atoms with E-state index >= 15 is 0 Å².